The lowest BCUT2D eigenvalue weighted by molar-refractivity contribution is 0.0697. The van der Waals surface area contributed by atoms with E-state index in [-0.39, 0.29) is 10.8 Å². The van der Waals surface area contributed by atoms with Crippen LogP contribution in [0.25, 0.3) is 33.9 Å². The molecule has 39 heavy (non-hydrogen) atoms. The molecular formula is C29H22N4O5S. The van der Waals surface area contributed by atoms with Crippen LogP contribution in [0.2, 0.25) is 0 Å². The van der Waals surface area contributed by atoms with E-state index in [0.29, 0.717) is 45.7 Å². The Hall–Kier alpha value is -4.83. The second kappa shape index (κ2) is 9.80. The second-order valence-corrected chi connectivity index (χ2v) is 10.7. The Labute approximate surface area is 223 Å². The molecule has 1 aliphatic rings. The molecule has 0 bridgehead atoms. The van der Waals surface area contributed by atoms with Crippen molar-refractivity contribution in [2.45, 2.75) is 24.2 Å². The molecule has 0 saturated heterocycles. The molecule has 194 valence electrons. The van der Waals surface area contributed by atoms with Crippen LogP contribution in [0.4, 0.5) is 5.95 Å². The zero-order chi connectivity index (χ0) is 27.0. The van der Waals surface area contributed by atoms with Crippen molar-refractivity contribution in [1.82, 2.24) is 15.0 Å². The van der Waals surface area contributed by atoms with Gasteiger partial charge in [0.1, 0.15) is 11.5 Å². The van der Waals surface area contributed by atoms with Crippen molar-refractivity contribution in [2.75, 3.05) is 4.72 Å². The quantitative estimate of drug-likeness (QED) is 0.283. The number of para-hydroxylation sites is 1. The van der Waals surface area contributed by atoms with Crippen LogP contribution in [0, 0.1) is 0 Å². The number of nitrogens with zero attached hydrogens (tertiary/aromatic N) is 3. The van der Waals surface area contributed by atoms with Gasteiger partial charge in [-0.3, -0.25) is 0 Å². The average molecular weight is 539 g/mol. The maximum atomic E-state index is 12.7. The summed E-state index contributed by atoms with van der Waals surface area (Å²) in [4.78, 5) is 24.8. The van der Waals surface area contributed by atoms with Crippen LogP contribution in [0.3, 0.4) is 0 Å². The lowest BCUT2D eigenvalue weighted by Gasteiger charge is -2.21. The fourth-order valence-corrected chi connectivity index (χ4v) is 5.76. The maximum absolute atomic E-state index is 12.7. The van der Waals surface area contributed by atoms with Gasteiger partial charge in [0.2, 0.25) is 5.95 Å². The van der Waals surface area contributed by atoms with E-state index in [0.717, 1.165) is 24.0 Å². The summed E-state index contributed by atoms with van der Waals surface area (Å²) in [5.41, 5.74) is 4.02. The molecule has 10 heteroatoms. The van der Waals surface area contributed by atoms with Gasteiger partial charge in [0.25, 0.3) is 10.0 Å². The smallest absolute Gasteiger partial charge is 0.336 e. The number of aromatic carboxylic acids is 1. The van der Waals surface area contributed by atoms with E-state index in [1.54, 1.807) is 24.3 Å². The number of nitrogens with one attached hydrogen (secondary N) is 1. The highest BCUT2D eigenvalue weighted by molar-refractivity contribution is 7.92. The number of carboxylic acids is 1. The van der Waals surface area contributed by atoms with Gasteiger partial charge in [-0.25, -0.2) is 32.9 Å². The second-order valence-electron chi connectivity index (χ2n) is 9.06. The minimum atomic E-state index is -3.84. The predicted molar refractivity (Wildman–Crippen MR) is 146 cm³/mol. The van der Waals surface area contributed by atoms with Gasteiger partial charge in [0, 0.05) is 23.3 Å². The van der Waals surface area contributed by atoms with Gasteiger partial charge < -0.3 is 9.52 Å². The molecule has 0 aliphatic heterocycles. The molecule has 3 aromatic heterocycles. The minimum Gasteiger partial charge on any atom is -0.478 e. The average Bonchev–Trinajstić information content (AvgIpc) is 3.41. The molecule has 0 atom stereocenters. The molecule has 0 fully saturated rings. The summed E-state index contributed by atoms with van der Waals surface area (Å²) in [7, 11) is -3.84. The van der Waals surface area contributed by atoms with E-state index in [4.69, 9.17) is 9.40 Å². The first kappa shape index (κ1) is 24.5. The monoisotopic (exact) mass is 538 g/mol. The Morgan fingerprint density at radius 3 is 2.49 bits per heavy atom. The molecule has 0 saturated carbocycles. The molecule has 3 heterocycles. The number of carbonyl (C=O) groups is 1. The first-order chi connectivity index (χ1) is 18.9. The number of hydrogen-bond donors (Lipinski definition) is 2. The highest BCUT2D eigenvalue weighted by Crippen LogP contribution is 2.36. The van der Waals surface area contributed by atoms with Crippen LogP contribution in [-0.2, 0) is 16.4 Å². The van der Waals surface area contributed by atoms with Crippen molar-refractivity contribution in [3.8, 4) is 11.3 Å². The van der Waals surface area contributed by atoms with Crippen LogP contribution < -0.4 is 4.72 Å². The fraction of sp³-hybridized carbons (Fsp3) is 0.103. The Bertz CT molecular complexity index is 1850. The van der Waals surface area contributed by atoms with Gasteiger partial charge in [0.05, 0.1) is 21.7 Å². The molecule has 2 aromatic carbocycles. The number of aromatic nitrogens is 3. The molecule has 0 amide bonds. The molecule has 1 aliphatic carbocycles. The van der Waals surface area contributed by atoms with Crippen LogP contribution in [0.1, 0.15) is 40.2 Å². The minimum absolute atomic E-state index is 0.00691. The molecule has 9 nitrogen and oxygen atoms in total. The van der Waals surface area contributed by atoms with Crippen molar-refractivity contribution in [3.63, 3.8) is 0 Å². The third-order valence-electron chi connectivity index (χ3n) is 6.57. The number of benzene rings is 2. The van der Waals surface area contributed by atoms with Crippen molar-refractivity contribution in [3.05, 3.63) is 102 Å². The van der Waals surface area contributed by atoms with E-state index in [1.165, 1.54) is 24.5 Å². The number of sulfonamides is 1. The van der Waals surface area contributed by atoms with E-state index in [2.05, 4.69) is 14.7 Å². The summed E-state index contributed by atoms with van der Waals surface area (Å²) in [6.45, 7) is 0. The zero-order valence-corrected chi connectivity index (χ0v) is 21.4. The molecule has 0 unspecified atom stereocenters. The summed E-state index contributed by atoms with van der Waals surface area (Å²) < 4.78 is 33.7. The largest absolute Gasteiger partial charge is 0.478 e. The van der Waals surface area contributed by atoms with Gasteiger partial charge >= 0.3 is 5.97 Å². The number of pyridine rings is 1. The van der Waals surface area contributed by atoms with Gasteiger partial charge in [-0.2, -0.15) is 0 Å². The molecule has 2 N–H and O–H groups in total. The van der Waals surface area contributed by atoms with Crippen molar-refractivity contribution >= 4 is 44.5 Å². The Balaban J connectivity index is 1.29. The number of hydrogen-bond acceptors (Lipinski definition) is 7. The molecule has 6 rings (SSSR count). The Morgan fingerprint density at radius 2 is 1.72 bits per heavy atom. The van der Waals surface area contributed by atoms with Crippen LogP contribution >= 0.6 is 0 Å². The van der Waals surface area contributed by atoms with E-state index < -0.39 is 16.0 Å². The number of anilines is 1. The number of carboxylic acid groups (broad SMARTS) is 1. The summed E-state index contributed by atoms with van der Waals surface area (Å²) in [6, 6.07) is 18.8. The van der Waals surface area contributed by atoms with Crippen molar-refractivity contribution in [1.29, 1.82) is 0 Å². The summed E-state index contributed by atoms with van der Waals surface area (Å²) in [5, 5.41) is 10.6. The predicted octanol–water partition coefficient (Wildman–Crippen LogP) is 5.66. The summed E-state index contributed by atoms with van der Waals surface area (Å²) >= 11 is 0. The first-order valence-corrected chi connectivity index (χ1v) is 13.7. The third-order valence-corrected chi connectivity index (χ3v) is 7.91. The van der Waals surface area contributed by atoms with Gasteiger partial charge in [-0.1, -0.05) is 18.2 Å². The maximum Gasteiger partial charge on any atom is 0.336 e. The number of furan rings is 1. The Kier molecular flexibility index (Phi) is 6.16. The molecule has 0 spiro atoms. The molecule has 5 aromatic rings. The van der Waals surface area contributed by atoms with Gasteiger partial charge in [-0.15, -0.1) is 0 Å². The fourth-order valence-electron chi connectivity index (χ4n) is 4.81. The normalized spacial score (nSPS) is 14.3. The lowest BCUT2D eigenvalue weighted by atomic mass is 9.86. The first-order valence-electron chi connectivity index (χ1n) is 12.2. The highest BCUT2D eigenvalue weighted by atomic mass is 32.2. The molecule has 0 radical (unpaired) electrons. The highest BCUT2D eigenvalue weighted by Gasteiger charge is 2.25. The standard InChI is InChI=1S/C29H22N4O5S/c34-28(35)26-22-6-1-2-8-24(22)32-27-19(5-3-7-23(26)27)17-20-11-14-25(38-20)18-9-12-21(13-10-18)39(36,37)33-29-30-15-4-16-31-29/h1-2,4,6,8-17H,3,5,7H2,(H,34,35)(H,30,31,33)/b19-17+. The summed E-state index contributed by atoms with van der Waals surface area (Å²) in [6.07, 6.45) is 7.01. The SMILES string of the molecule is O=C(O)c1c2c(nc3ccccc13)/C(=C/c1ccc(-c3ccc(S(=O)(=O)Nc4ncccn4)cc3)o1)CCC2. The topological polar surface area (TPSA) is 135 Å². The van der Waals surface area contributed by atoms with Crippen molar-refractivity contribution < 1.29 is 22.7 Å². The van der Waals surface area contributed by atoms with Gasteiger partial charge in [0.15, 0.2) is 0 Å². The van der Waals surface area contributed by atoms with E-state index in [9.17, 15) is 18.3 Å². The summed E-state index contributed by atoms with van der Waals surface area (Å²) in [5.74, 6) is 0.203. The van der Waals surface area contributed by atoms with Crippen molar-refractivity contribution in [2.24, 2.45) is 0 Å². The van der Waals surface area contributed by atoms with E-state index in [1.807, 2.05) is 36.4 Å². The lowest BCUT2D eigenvalue weighted by Crippen LogP contribution is -2.14. The number of rotatable bonds is 6. The third kappa shape index (κ3) is 4.77. The number of fused-ring (bicyclic) bond motifs is 2. The van der Waals surface area contributed by atoms with Crippen LogP contribution in [0.15, 0.2) is 88.4 Å². The van der Waals surface area contributed by atoms with E-state index >= 15 is 0 Å². The number of allylic oxidation sites excluding steroid dienone is 1. The van der Waals surface area contributed by atoms with Crippen LogP contribution in [0.5, 0.6) is 0 Å². The Morgan fingerprint density at radius 1 is 0.949 bits per heavy atom. The van der Waals surface area contributed by atoms with Gasteiger partial charge in [-0.05, 0) is 85.0 Å². The zero-order valence-electron chi connectivity index (χ0n) is 20.5. The molecular weight excluding hydrogens is 516 g/mol. The van der Waals surface area contributed by atoms with Crippen LogP contribution in [-0.4, -0.2) is 34.4 Å².